The molecule has 5 nitrogen and oxygen atoms in total. The minimum Gasteiger partial charge on any atom is -0.472 e. The molecular formula is C9H16N2O3S. The van der Waals surface area contributed by atoms with Crippen molar-refractivity contribution in [1.29, 1.82) is 0 Å². The van der Waals surface area contributed by atoms with Crippen molar-refractivity contribution in [2.24, 2.45) is 0 Å². The first kappa shape index (κ1) is 12.2. The largest absolute Gasteiger partial charge is 0.472 e. The summed E-state index contributed by atoms with van der Waals surface area (Å²) >= 11 is 0. The lowest BCUT2D eigenvalue weighted by molar-refractivity contribution is 0.381. The molecule has 0 aliphatic rings. The molecule has 0 aliphatic heterocycles. The van der Waals surface area contributed by atoms with Gasteiger partial charge in [-0.15, -0.1) is 0 Å². The first-order valence-electron chi connectivity index (χ1n) is 4.67. The molecule has 0 aromatic carbocycles. The summed E-state index contributed by atoms with van der Waals surface area (Å²) in [7, 11) is -0.298. The van der Waals surface area contributed by atoms with Gasteiger partial charge in [0.25, 0.3) is 10.2 Å². The normalized spacial score (nSPS) is 12.6. The van der Waals surface area contributed by atoms with Crippen LogP contribution in [-0.4, -0.2) is 37.7 Å². The van der Waals surface area contributed by atoms with Gasteiger partial charge in [-0.2, -0.15) is 17.0 Å². The minimum atomic E-state index is -3.34. The smallest absolute Gasteiger partial charge is 0.281 e. The summed E-state index contributed by atoms with van der Waals surface area (Å²) in [5, 5.41) is 0. The van der Waals surface area contributed by atoms with Gasteiger partial charge in [-0.05, 0) is 6.07 Å². The Kier molecular flexibility index (Phi) is 3.90. The van der Waals surface area contributed by atoms with Gasteiger partial charge in [-0.3, -0.25) is 0 Å². The summed E-state index contributed by atoms with van der Waals surface area (Å²) in [5.74, 6) is 0. The van der Waals surface area contributed by atoms with Crippen LogP contribution in [0.4, 0.5) is 0 Å². The molecule has 0 amide bonds. The first-order valence-corrected chi connectivity index (χ1v) is 6.07. The highest BCUT2D eigenvalue weighted by atomic mass is 32.2. The van der Waals surface area contributed by atoms with Crippen LogP contribution in [0.5, 0.6) is 0 Å². The quantitative estimate of drug-likeness (QED) is 0.758. The predicted octanol–water partition coefficient (Wildman–Crippen LogP) is 0.908. The molecule has 0 unspecified atom stereocenters. The van der Waals surface area contributed by atoms with Gasteiger partial charge < -0.3 is 4.42 Å². The van der Waals surface area contributed by atoms with Gasteiger partial charge in [0, 0.05) is 32.7 Å². The van der Waals surface area contributed by atoms with Crippen LogP contribution in [0, 0.1) is 0 Å². The van der Waals surface area contributed by atoms with E-state index in [-0.39, 0.29) is 0 Å². The van der Waals surface area contributed by atoms with Crippen LogP contribution < -0.4 is 0 Å². The Morgan fingerprint density at radius 1 is 1.40 bits per heavy atom. The molecule has 0 saturated carbocycles. The lowest BCUT2D eigenvalue weighted by atomic mass is 10.3. The topological polar surface area (TPSA) is 53.8 Å². The van der Waals surface area contributed by atoms with Crippen molar-refractivity contribution in [2.75, 3.05) is 20.6 Å². The van der Waals surface area contributed by atoms with Crippen LogP contribution in [0.3, 0.4) is 0 Å². The highest BCUT2D eigenvalue weighted by Crippen LogP contribution is 2.11. The second-order valence-electron chi connectivity index (χ2n) is 3.35. The van der Waals surface area contributed by atoms with Crippen LogP contribution >= 0.6 is 0 Å². The van der Waals surface area contributed by atoms with E-state index in [0.717, 1.165) is 5.56 Å². The molecule has 0 radical (unpaired) electrons. The van der Waals surface area contributed by atoms with E-state index >= 15 is 0 Å². The van der Waals surface area contributed by atoms with Crippen molar-refractivity contribution < 1.29 is 12.8 Å². The van der Waals surface area contributed by atoms with E-state index in [0.29, 0.717) is 13.1 Å². The highest BCUT2D eigenvalue weighted by Gasteiger charge is 2.22. The van der Waals surface area contributed by atoms with Crippen LogP contribution in [0.25, 0.3) is 0 Å². The lowest BCUT2D eigenvalue weighted by Crippen LogP contribution is -2.39. The standard InChI is InChI=1S/C9H16N2O3S/c1-4-11(15(12,13)10(2)3)7-9-5-6-14-8-9/h5-6,8H,4,7H2,1-3H3. The van der Waals surface area contributed by atoms with E-state index in [1.54, 1.807) is 19.3 Å². The summed E-state index contributed by atoms with van der Waals surface area (Å²) in [5.41, 5.74) is 0.849. The van der Waals surface area contributed by atoms with Crippen molar-refractivity contribution in [2.45, 2.75) is 13.5 Å². The van der Waals surface area contributed by atoms with E-state index in [2.05, 4.69) is 0 Å². The van der Waals surface area contributed by atoms with E-state index in [1.165, 1.54) is 29.0 Å². The average molecular weight is 232 g/mol. The van der Waals surface area contributed by atoms with Crippen molar-refractivity contribution in [3.63, 3.8) is 0 Å². The lowest BCUT2D eigenvalue weighted by Gasteiger charge is -2.23. The van der Waals surface area contributed by atoms with Crippen LogP contribution in [0.2, 0.25) is 0 Å². The van der Waals surface area contributed by atoms with E-state index < -0.39 is 10.2 Å². The van der Waals surface area contributed by atoms with Crippen molar-refractivity contribution in [3.8, 4) is 0 Å². The Morgan fingerprint density at radius 2 is 2.07 bits per heavy atom. The maximum atomic E-state index is 11.8. The molecule has 1 rings (SSSR count). The zero-order chi connectivity index (χ0) is 11.5. The Morgan fingerprint density at radius 3 is 2.47 bits per heavy atom. The molecule has 0 atom stereocenters. The molecule has 0 spiro atoms. The maximum absolute atomic E-state index is 11.8. The zero-order valence-electron chi connectivity index (χ0n) is 9.17. The summed E-state index contributed by atoms with van der Waals surface area (Å²) in [6, 6.07) is 1.76. The highest BCUT2D eigenvalue weighted by molar-refractivity contribution is 7.86. The van der Waals surface area contributed by atoms with E-state index in [9.17, 15) is 8.42 Å². The Hall–Kier alpha value is -0.850. The Balaban J connectivity index is 2.81. The molecule has 0 fully saturated rings. The molecule has 6 heteroatoms. The molecule has 0 aliphatic carbocycles. The van der Waals surface area contributed by atoms with Gasteiger partial charge in [0.05, 0.1) is 12.5 Å². The van der Waals surface area contributed by atoms with Gasteiger partial charge >= 0.3 is 0 Å². The number of rotatable bonds is 5. The number of nitrogens with zero attached hydrogens (tertiary/aromatic N) is 2. The Bertz CT molecular complexity index is 383. The number of furan rings is 1. The number of hydrogen-bond donors (Lipinski definition) is 0. The van der Waals surface area contributed by atoms with Gasteiger partial charge in [0.1, 0.15) is 0 Å². The minimum absolute atomic E-state index is 0.341. The fourth-order valence-electron chi connectivity index (χ4n) is 1.17. The molecular weight excluding hydrogens is 216 g/mol. The second-order valence-corrected chi connectivity index (χ2v) is 5.49. The predicted molar refractivity (Wildman–Crippen MR) is 57.4 cm³/mol. The van der Waals surface area contributed by atoms with Crippen LogP contribution in [0.15, 0.2) is 23.0 Å². The van der Waals surface area contributed by atoms with Crippen molar-refractivity contribution in [3.05, 3.63) is 24.2 Å². The molecule has 0 bridgehead atoms. The average Bonchev–Trinajstić information content (AvgIpc) is 2.65. The van der Waals surface area contributed by atoms with Gasteiger partial charge in [-0.25, -0.2) is 0 Å². The molecule has 15 heavy (non-hydrogen) atoms. The van der Waals surface area contributed by atoms with E-state index in [1.807, 2.05) is 0 Å². The SMILES string of the molecule is CCN(Cc1ccoc1)S(=O)(=O)N(C)C. The summed E-state index contributed by atoms with van der Waals surface area (Å²) in [4.78, 5) is 0. The maximum Gasteiger partial charge on any atom is 0.281 e. The molecule has 1 heterocycles. The van der Waals surface area contributed by atoms with Gasteiger partial charge in [-0.1, -0.05) is 6.92 Å². The fourth-order valence-corrected chi connectivity index (χ4v) is 2.27. The molecule has 0 N–H and O–H groups in total. The zero-order valence-corrected chi connectivity index (χ0v) is 9.99. The Labute approximate surface area is 90.5 Å². The van der Waals surface area contributed by atoms with E-state index in [4.69, 9.17) is 4.42 Å². The fraction of sp³-hybridized carbons (Fsp3) is 0.556. The van der Waals surface area contributed by atoms with Crippen LogP contribution in [-0.2, 0) is 16.8 Å². The van der Waals surface area contributed by atoms with Gasteiger partial charge in [0.2, 0.25) is 0 Å². The third kappa shape index (κ3) is 2.80. The molecule has 1 aromatic heterocycles. The second kappa shape index (κ2) is 4.78. The summed E-state index contributed by atoms with van der Waals surface area (Å²) < 4.78 is 31.1. The third-order valence-corrected chi connectivity index (χ3v) is 4.04. The van der Waals surface area contributed by atoms with Crippen molar-refractivity contribution in [1.82, 2.24) is 8.61 Å². The monoisotopic (exact) mass is 232 g/mol. The van der Waals surface area contributed by atoms with Crippen molar-refractivity contribution >= 4 is 10.2 Å². The first-order chi connectivity index (χ1) is 6.98. The van der Waals surface area contributed by atoms with Crippen LogP contribution in [0.1, 0.15) is 12.5 Å². The van der Waals surface area contributed by atoms with Gasteiger partial charge in [0.15, 0.2) is 0 Å². The molecule has 0 saturated heterocycles. The molecule has 86 valence electrons. The summed E-state index contributed by atoms with van der Waals surface area (Å²) in [6.07, 6.45) is 3.08. The molecule has 1 aromatic rings. The number of hydrogen-bond acceptors (Lipinski definition) is 3. The summed E-state index contributed by atoms with van der Waals surface area (Å²) in [6.45, 7) is 2.58. The third-order valence-electron chi connectivity index (χ3n) is 2.08.